The van der Waals surface area contributed by atoms with Gasteiger partial charge in [0.15, 0.2) is 0 Å². The van der Waals surface area contributed by atoms with Crippen molar-refractivity contribution < 1.29 is 14.3 Å². The zero-order chi connectivity index (χ0) is 16.7. The Hall–Kier alpha value is -2.66. The van der Waals surface area contributed by atoms with E-state index in [9.17, 15) is 9.59 Å². The number of methoxy groups -OCH3 is 1. The van der Waals surface area contributed by atoms with Gasteiger partial charge in [0.25, 0.3) is 11.8 Å². The van der Waals surface area contributed by atoms with Crippen LogP contribution in [0.15, 0.2) is 48.5 Å². The van der Waals surface area contributed by atoms with Crippen molar-refractivity contribution in [2.45, 2.75) is 6.92 Å². The fourth-order valence-corrected chi connectivity index (χ4v) is 2.08. The number of nitrogens with one attached hydrogen (secondary N) is 2. The summed E-state index contributed by atoms with van der Waals surface area (Å²) in [6.45, 7) is 2.80. The Bertz CT molecular complexity index is 698. The van der Waals surface area contributed by atoms with Gasteiger partial charge in [-0.1, -0.05) is 24.3 Å². The first-order valence-electron chi connectivity index (χ1n) is 7.36. The SMILES string of the molecule is COCCNC(=O)c1cccc(C(=O)Nc2ccccc2C)c1. The van der Waals surface area contributed by atoms with E-state index in [0.717, 1.165) is 11.3 Å². The molecule has 0 aliphatic heterocycles. The van der Waals surface area contributed by atoms with Crippen LogP contribution in [0.25, 0.3) is 0 Å². The van der Waals surface area contributed by atoms with Gasteiger partial charge in [-0.25, -0.2) is 0 Å². The smallest absolute Gasteiger partial charge is 0.255 e. The monoisotopic (exact) mass is 312 g/mol. The largest absolute Gasteiger partial charge is 0.383 e. The number of rotatable bonds is 6. The maximum absolute atomic E-state index is 12.3. The quantitative estimate of drug-likeness (QED) is 0.806. The fourth-order valence-electron chi connectivity index (χ4n) is 2.08. The van der Waals surface area contributed by atoms with Gasteiger partial charge in [0.2, 0.25) is 0 Å². The molecule has 0 bridgehead atoms. The number of carbonyl (C=O) groups excluding carboxylic acids is 2. The lowest BCUT2D eigenvalue weighted by Crippen LogP contribution is -2.27. The fraction of sp³-hybridized carbons (Fsp3) is 0.222. The van der Waals surface area contributed by atoms with Crippen LogP contribution in [0, 0.1) is 6.92 Å². The van der Waals surface area contributed by atoms with Gasteiger partial charge in [-0.2, -0.15) is 0 Å². The average molecular weight is 312 g/mol. The first kappa shape index (κ1) is 16.7. The highest BCUT2D eigenvalue weighted by Gasteiger charge is 2.11. The molecule has 2 aromatic rings. The van der Waals surface area contributed by atoms with Crippen molar-refractivity contribution >= 4 is 17.5 Å². The van der Waals surface area contributed by atoms with E-state index < -0.39 is 0 Å². The van der Waals surface area contributed by atoms with E-state index in [1.807, 2.05) is 31.2 Å². The standard InChI is InChI=1S/C18H20N2O3/c1-13-6-3-4-9-16(13)20-18(22)15-8-5-7-14(12-15)17(21)19-10-11-23-2/h3-9,12H,10-11H2,1-2H3,(H,19,21)(H,20,22). The first-order valence-corrected chi connectivity index (χ1v) is 7.36. The summed E-state index contributed by atoms with van der Waals surface area (Å²) in [5.41, 5.74) is 2.62. The third-order valence-corrected chi connectivity index (χ3v) is 3.37. The molecular weight excluding hydrogens is 292 g/mol. The molecule has 0 saturated carbocycles. The molecule has 5 heteroatoms. The highest BCUT2D eigenvalue weighted by molar-refractivity contribution is 6.06. The second-order valence-corrected chi connectivity index (χ2v) is 5.10. The highest BCUT2D eigenvalue weighted by Crippen LogP contribution is 2.15. The summed E-state index contributed by atoms with van der Waals surface area (Å²) in [6.07, 6.45) is 0. The van der Waals surface area contributed by atoms with Crippen molar-refractivity contribution in [2.75, 3.05) is 25.6 Å². The van der Waals surface area contributed by atoms with Crippen LogP contribution in [-0.4, -0.2) is 32.1 Å². The second-order valence-electron chi connectivity index (χ2n) is 5.10. The number of benzene rings is 2. The van der Waals surface area contributed by atoms with Crippen LogP contribution >= 0.6 is 0 Å². The van der Waals surface area contributed by atoms with Gasteiger partial charge in [-0.15, -0.1) is 0 Å². The van der Waals surface area contributed by atoms with E-state index in [2.05, 4.69) is 10.6 Å². The molecule has 0 aliphatic rings. The predicted molar refractivity (Wildman–Crippen MR) is 89.8 cm³/mol. The molecule has 5 nitrogen and oxygen atoms in total. The molecule has 0 heterocycles. The van der Waals surface area contributed by atoms with Gasteiger partial charge in [-0.3, -0.25) is 9.59 Å². The van der Waals surface area contributed by atoms with Gasteiger partial charge >= 0.3 is 0 Å². The maximum Gasteiger partial charge on any atom is 0.255 e. The molecule has 0 spiro atoms. The molecule has 23 heavy (non-hydrogen) atoms. The molecule has 0 aliphatic carbocycles. The topological polar surface area (TPSA) is 67.4 Å². The molecule has 2 aromatic carbocycles. The molecule has 0 saturated heterocycles. The van der Waals surface area contributed by atoms with E-state index in [4.69, 9.17) is 4.74 Å². The van der Waals surface area contributed by atoms with E-state index in [0.29, 0.717) is 24.3 Å². The van der Waals surface area contributed by atoms with Crippen molar-refractivity contribution in [2.24, 2.45) is 0 Å². The highest BCUT2D eigenvalue weighted by atomic mass is 16.5. The number of anilines is 1. The molecule has 0 radical (unpaired) electrons. The normalized spacial score (nSPS) is 10.2. The van der Waals surface area contributed by atoms with Crippen LogP contribution in [0.1, 0.15) is 26.3 Å². The van der Waals surface area contributed by atoms with Crippen LogP contribution < -0.4 is 10.6 Å². The third-order valence-electron chi connectivity index (χ3n) is 3.37. The molecule has 0 unspecified atom stereocenters. The van der Waals surface area contributed by atoms with E-state index in [-0.39, 0.29) is 11.8 Å². The Labute approximate surface area is 135 Å². The summed E-state index contributed by atoms with van der Waals surface area (Å²) >= 11 is 0. The van der Waals surface area contributed by atoms with E-state index in [1.165, 1.54) is 0 Å². The van der Waals surface area contributed by atoms with Crippen molar-refractivity contribution in [3.05, 3.63) is 65.2 Å². The molecule has 2 rings (SSSR count). The summed E-state index contributed by atoms with van der Waals surface area (Å²) < 4.78 is 4.89. The van der Waals surface area contributed by atoms with Crippen molar-refractivity contribution in [3.8, 4) is 0 Å². The minimum absolute atomic E-state index is 0.229. The summed E-state index contributed by atoms with van der Waals surface area (Å²) in [4.78, 5) is 24.3. The minimum atomic E-state index is -0.245. The number of amides is 2. The summed E-state index contributed by atoms with van der Waals surface area (Å²) in [5, 5.41) is 5.58. The van der Waals surface area contributed by atoms with Crippen LogP contribution in [0.4, 0.5) is 5.69 Å². The molecule has 120 valence electrons. The van der Waals surface area contributed by atoms with Crippen LogP contribution in [0.2, 0.25) is 0 Å². The van der Waals surface area contributed by atoms with Gasteiger partial charge in [-0.05, 0) is 36.8 Å². The Morgan fingerprint density at radius 1 is 1.00 bits per heavy atom. The molecular formula is C18H20N2O3. The Morgan fingerprint density at radius 3 is 2.39 bits per heavy atom. The zero-order valence-corrected chi connectivity index (χ0v) is 13.3. The summed E-state index contributed by atoms with van der Waals surface area (Å²) in [7, 11) is 1.57. The number of hydrogen-bond donors (Lipinski definition) is 2. The lowest BCUT2D eigenvalue weighted by molar-refractivity contribution is 0.0937. The minimum Gasteiger partial charge on any atom is -0.383 e. The zero-order valence-electron chi connectivity index (χ0n) is 13.3. The van der Waals surface area contributed by atoms with Crippen LogP contribution in [-0.2, 0) is 4.74 Å². The van der Waals surface area contributed by atoms with E-state index in [1.54, 1.807) is 31.4 Å². The predicted octanol–water partition coefficient (Wildman–Crippen LogP) is 2.62. The average Bonchev–Trinajstić information content (AvgIpc) is 2.57. The number of carbonyl (C=O) groups is 2. The van der Waals surface area contributed by atoms with Crippen LogP contribution in [0.3, 0.4) is 0 Å². The number of para-hydroxylation sites is 1. The Morgan fingerprint density at radius 2 is 1.70 bits per heavy atom. The van der Waals surface area contributed by atoms with Gasteiger partial charge < -0.3 is 15.4 Å². The first-order chi connectivity index (χ1) is 11.1. The third kappa shape index (κ3) is 4.66. The molecule has 0 atom stereocenters. The summed E-state index contributed by atoms with van der Waals surface area (Å²) in [6, 6.07) is 14.2. The van der Waals surface area contributed by atoms with E-state index >= 15 is 0 Å². The number of aryl methyl sites for hydroxylation is 1. The van der Waals surface area contributed by atoms with Gasteiger partial charge in [0, 0.05) is 30.5 Å². The molecule has 0 fully saturated rings. The lowest BCUT2D eigenvalue weighted by Gasteiger charge is -2.09. The van der Waals surface area contributed by atoms with Gasteiger partial charge in [0.1, 0.15) is 0 Å². The number of hydrogen-bond acceptors (Lipinski definition) is 3. The molecule has 2 amide bonds. The number of ether oxygens (including phenoxy) is 1. The van der Waals surface area contributed by atoms with Crippen molar-refractivity contribution in [3.63, 3.8) is 0 Å². The van der Waals surface area contributed by atoms with Crippen LogP contribution in [0.5, 0.6) is 0 Å². The second kappa shape index (κ2) is 8.10. The van der Waals surface area contributed by atoms with Crippen molar-refractivity contribution in [1.82, 2.24) is 5.32 Å². The molecule has 2 N–H and O–H groups in total. The molecule has 0 aromatic heterocycles. The summed E-state index contributed by atoms with van der Waals surface area (Å²) in [5.74, 6) is -0.474. The van der Waals surface area contributed by atoms with Gasteiger partial charge in [0.05, 0.1) is 6.61 Å². The maximum atomic E-state index is 12.3. The lowest BCUT2D eigenvalue weighted by atomic mass is 10.1. The van der Waals surface area contributed by atoms with Crippen molar-refractivity contribution in [1.29, 1.82) is 0 Å². The Kier molecular flexibility index (Phi) is 5.88. The Balaban J connectivity index is 2.08.